The summed E-state index contributed by atoms with van der Waals surface area (Å²) in [4.78, 5) is 17.0. The predicted octanol–water partition coefficient (Wildman–Crippen LogP) is 3.84. The van der Waals surface area contributed by atoms with E-state index in [-0.39, 0.29) is 11.8 Å². The van der Waals surface area contributed by atoms with Gasteiger partial charge in [-0.15, -0.1) is 0 Å². The maximum Gasteiger partial charge on any atom is 0.227 e. The second-order valence-electron chi connectivity index (χ2n) is 8.01. The van der Waals surface area contributed by atoms with Gasteiger partial charge >= 0.3 is 0 Å². The lowest BCUT2D eigenvalue weighted by Crippen LogP contribution is -2.44. The number of nitrogens with one attached hydrogen (secondary N) is 3. The predicted molar refractivity (Wildman–Crippen MR) is 124 cm³/mol. The van der Waals surface area contributed by atoms with E-state index in [1.165, 1.54) is 0 Å². The molecule has 1 amide bonds. The van der Waals surface area contributed by atoms with Gasteiger partial charge in [-0.05, 0) is 66.8 Å². The summed E-state index contributed by atoms with van der Waals surface area (Å²) in [5.41, 5.74) is 1.75. The Bertz CT molecular complexity index is 843. The molecule has 162 valence electrons. The number of amides is 1. The standard InChI is InChI=1S/C23H32N4O2S/c1-3-24-22(26-16-23(2,29)19-11-12-30-15-19)25-14-17-7-6-10-20(13-17)27-21(28)18-8-4-5-9-18/h6-7,10-13,15,18,29H,3-5,8-9,14,16H2,1-2H3,(H,27,28)(H2,24,25,26). The van der Waals surface area contributed by atoms with Crippen molar-refractivity contribution in [3.05, 3.63) is 52.2 Å². The molecule has 1 fully saturated rings. The van der Waals surface area contributed by atoms with Gasteiger partial charge in [0.2, 0.25) is 5.91 Å². The highest BCUT2D eigenvalue weighted by Crippen LogP contribution is 2.26. The van der Waals surface area contributed by atoms with Crippen molar-refractivity contribution < 1.29 is 9.90 Å². The zero-order chi connectivity index (χ0) is 21.4. The summed E-state index contributed by atoms with van der Waals surface area (Å²) in [6.45, 7) is 5.36. The van der Waals surface area contributed by atoms with Gasteiger partial charge in [0.1, 0.15) is 5.60 Å². The van der Waals surface area contributed by atoms with Crippen molar-refractivity contribution in [2.24, 2.45) is 10.9 Å². The molecule has 30 heavy (non-hydrogen) atoms. The fourth-order valence-electron chi connectivity index (χ4n) is 3.62. The van der Waals surface area contributed by atoms with Crippen LogP contribution in [0.3, 0.4) is 0 Å². The molecule has 0 aliphatic heterocycles. The first-order chi connectivity index (χ1) is 14.5. The number of nitrogens with zero attached hydrogens (tertiary/aromatic N) is 1. The molecule has 6 nitrogen and oxygen atoms in total. The summed E-state index contributed by atoms with van der Waals surface area (Å²) in [5.74, 6) is 0.916. The SMILES string of the molecule is CCNC(=NCc1cccc(NC(=O)C2CCCC2)c1)NCC(C)(O)c1ccsc1. The zero-order valence-corrected chi connectivity index (χ0v) is 18.6. The molecule has 2 aromatic rings. The molecule has 1 atom stereocenters. The number of carbonyl (C=O) groups excluding carboxylic acids is 1. The summed E-state index contributed by atoms with van der Waals surface area (Å²) in [6, 6.07) is 9.77. The molecule has 1 unspecified atom stereocenters. The molecule has 4 N–H and O–H groups in total. The third-order valence-corrected chi connectivity index (χ3v) is 6.11. The molecule has 7 heteroatoms. The van der Waals surface area contributed by atoms with E-state index in [9.17, 15) is 9.90 Å². The number of rotatable bonds is 8. The molecule has 1 saturated carbocycles. The van der Waals surface area contributed by atoms with E-state index in [2.05, 4.69) is 20.9 Å². The normalized spacial score (nSPS) is 16.8. The van der Waals surface area contributed by atoms with Gasteiger partial charge in [0, 0.05) is 18.2 Å². The molecule has 0 saturated heterocycles. The van der Waals surface area contributed by atoms with Gasteiger partial charge in [-0.3, -0.25) is 4.79 Å². The van der Waals surface area contributed by atoms with Crippen LogP contribution in [0.5, 0.6) is 0 Å². The van der Waals surface area contributed by atoms with Crippen LogP contribution >= 0.6 is 11.3 Å². The Hall–Kier alpha value is -2.38. The molecule has 0 bridgehead atoms. The van der Waals surface area contributed by atoms with Gasteiger partial charge in [-0.1, -0.05) is 25.0 Å². The van der Waals surface area contributed by atoms with Crippen molar-refractivity contribution in [2.45, 2.75) is 51.7 Å². The van der Waals surface area contributed by atoms with Crippen LogP contribution in [0.4, 0.5) is 5.69 Å². The van der Waals surface area contributed by atoms with Crippen LogP contribution in [-0.4, -0.2) is 30.1 Å². The molecule has 0 spiro atoms. The van der Waals surface area contributed by atoms with E-state index in [1.54, 1.807) is 18.3 Å². The van der Waals surface area contributed by atoms with Gasteiger partial charge in [-0.2, -0.15) is 11.3 Å². The lowest BCUT2D eigenvalue weighted by molar-refractivity contribution is -0.119. The van der Waals surface area contributed by atoms with Crippen LogP contribution in [-0.2, 0) is 16.9 Å². The van der Waals surface area contributed by atoms with Crippen molar-refractivity contribution in [1.29, 1.82) is 0 Å². The van der Waals surface area contributed by atoms with Crippen molar-refractivity contribution in [3.8, 4) is 0 Å². The van der Waals surface area contributed by atoms with Gasteiger partial charge in [0.15, 0.2) is 5.96 Å². The number of aliphatic hydroxyl groups is 1. The summed E-state index contributed by atoms with van der Waals surface area (Å²) in [5, 5.41) is 24.1. The molecule has 1 heterocycles. The molecule has 1 aliphatic rings. The fourth-order valence-corrected chi connectivity index (χ4v) is 4.40. The maximum absolute atomic E-state index is 12.4. The number of guanidine groups is 1. The summed E-state index contributed by atoms with van der Waals surface area (Å²) in [7, 11) is 0. The van der Waals surface area contributed by atoms with Crippen LogP contribution in [0.25, 0.3) is 0 Å². The Morgan fingerprint density at radius 1 is 1.27 bits per heavy atom. The smallest absolute Gasteiger partial charge is 0.227 e. The first kappa shape index (κ1) is 22.3. The molecule has 3 rings (SSSR count). The number of benzene rings is 1. The molecular formula is C23H32N4O2S. The van der Waals surface area contributed by atoms with Crippen LogP contribution in [0.1, 0.15) is 50.7 Å². The van der Waals surface area contributed by atoms with Gasteiger partial charge in [-0.25, -0.2) is 4.99 Å². The van der Waals surface area contributed by atoms with Crippen molar-refractivity contribution >= 4 is 28.9 Å². The van der Waals surface area contributed by atoms with Crippen molar-refractivity contribution in [1.82, 2.24) is 10.6 Å². The highest BCUT2D eigenvalue weighted by molar-refractivity contribution is 7.08. The number of anilines is 1. The minimum Gasteiger partial charge on any atom is -0.384 e. The second kappa shape index (κ2) is 10.6. The third kappa shape index (κ3) is 6.31. The van der Waals surface area contributed by atoms with Crippen LogP contribution in [0.15, 0.2) is 46.1 Å². The molecular weight excluding hydrogens is 396 g/mol. The van der Waals surface area contributed by atoms with E-state index < -0.39 is 5.60 Å². The Kier molecular flexibility index (Phi) is 7.87. The largest absolute Gasteiger partial charge is 0.384 e. The van der Waals surface area contributed by atoms with Crippen LogP contribution in [0, 0.1) is 5.92 Å². The quantitative estimate of drug-likeness (QED) is 0.380. The van der Waals surface area contributed by atoms with Gasteiger partial charge in [0.05, 0.1) is 13.1 Å². The van der Waals surface area contributed by atoms with Crippen molar-refractivity contribution in [3.63, 3.8) is 0 Å². The minimum atomic E-state index is -0.972. The topological polar surface area (TPSA) is 85.8 Å². The summed E-state index contributed by atoms with van der Waals surface area (Å²) >= 11 is 1.57. The van der Waals surface area contributed by atoms with E-state index in [1.807, 2.05) is 48.0 Å². The summed E-state index contributed by atoms with van der Waals surface area (Å²) in [6.07, 6.45) is 4.27. The van der Waals surface area contributed by atoms with E-state index in [0.717, 1.165) is 49.0 Å². The Labute approximate surface area is 182 Å². The number of aliphatic imine (C=N–C) groups is 1. The second-order valence-corrected chi connectivity index (χ2v) is 8.79. The number of thiophene rings is 1. The maximum atomic E-state index is 12.4. The monoisotopic (exact) mass is 428 g/mol. The Balaban J connectivity index is 1.59. The van der Waals surface area contributed by atoms with E-state index in [0.29, 0.717) is 19.0 Å². The molecule has 1 aromatic heterocycles. The number of hydrogen-bond acceptors (Lipinski definition) is 4. The first-order valence-electron chi connectivity index (χ1n) is 10.6. The number of hydrogen-bond donors (Lipinski definition) is 4. The summed E-state index contributed by atoms with van der Waals surface area (Å²) < 4.78 is 0. The van der Waals surface area contributed by atoms with Gasteiger partial charge in [0.25, 0.3) is 0 Å². The minimum absolute atomic E-state index is 0.124. The average Bonchev–Trinajstić information content (AvgIpc) is 3.45. The molecule has 1 aliphatic carbocycles. The number of carbonyl (C=O) groups is 1. The lowest BCUT2D eigenvalue weighted by Gasteiger charge is -2.24. The van der Waals surface area contributed by atoms with Crippen molar-refractivity contribution in [2.75, 3.05) is 18.4 Å². The van der Waals surface area contributed by atoms with E-state index in [4.69, 9.17) is 0 Å². The third-order valence-electron chi connectivity index (χ3n) is 5.43. The van der Waals surface area contributed by atoms with E-state index >= 15 is 0 Å². The highest BCUT2D eigenvalue weighted by atomic mass is 32.1. The lowest BCUT2D eigenvalue weighted by atomic mass is 9.99. The first-order valence-corrected chi connectivity index (χ1v) is 11.6. The molecule has 1 aromatic carbocycles. The Morgan fingerprint density at radius 3 is 2.77 bits per heavy atom. The average molecular weight is 429 g/mol. The van der Waals surface area contributed by atoms with Crippen LogP contribution < -0.4 is 16.0 Å². The highest BCUT2D eigenvalue weighted by Gasteiger charge is 2.24. The Morgan fingerprint density at radius 2 is 2.07 bits per heavy atom. The molecule has 0 radical (unpaired) electrons. The fraction of sp³-hybridized carbons (Fsp3) is 0.478. The van der Waals surface area contributed by atoms with Crippen LogP contribution in [0.2, 0.25) is 0 Å². The van der Waals surface area contributed by atoms with Gasteiger partial charge < -0.3 is 21.1 Å². The zero-order valence-electron chi connectivity index (χ0n) is 17.8.